The molecule has 3 rings (SSSR count). The molecular formula is C21H26N4O2. The van der Waals surface area contributed by atoms with Crippen molar-refractivity contribution in [2.24, 2.45) is 0 Å². The van der Waals surface area contributed by atoms with Gasteiger partial charge in [0.25, 0.3) is 5.91 Å². The lowest BCUT2D eigenvalue weighted by atomic mass is 10.1. The number of nitrogens with zero attached hydrogens (tertiary/aromatic N) is 2. The van der Waals surface area contributed by atoms with Gasteiger partial charge in [-0.2, -0.15) is 0 Å². The third-order valence-corrected chi connectivity index (χ3v) is 4.72. The van der Waals surface area contributed by atoms with Gasteiger partial charge in [0.1, 0.15) is 11.9 Å². The standard InChI is InChI=1S/C21H26N4O2/c1-15-7-6-8-17(13-15)21(27)23-16(2)20(26)24-18-9-10-19(22-14-18)25-11-4-3-5-12-25/h6-10,13-14,16H,3-5,11-12H2,1-2H3,(H,23,27)(H,24,26)/t16-/m1/s1. The van der Waals surface area contributed by atoms with Gasteiger partial charge in [0.2, 0.25) is 5.91 Å². The molecular weight excluding hydrogens is 340 g/mol. The third-order valence-electron chi connectivity index (χ3n) is 4.72. The molecule has 6 nitrogen and oxygen atoms in total. The van der Waals surface area contributed by atoms with Crippen LogP contribution in [0.4, 0.5) is 11.5 Å². The Morgan fingerprint density at radius 2 is 1.89 bits per heavy atom. The Bertz CT molecular complexity index is 798. The number of anilines is 2. The lowest BCUT2D eigenvalue weighted by molar-refractivity contribution is -0.117. The van der Waals surface area contributed by atoms with Gasteiger partial charge in [-0.3, -0.25) is 9.59 Å². The number of aromatic nitrogens is 1. The second-order valence-electron chi connectivity index (χ2n) is 7.01. The fourth-order valence-electron chi connectivity index (χ4n) is 3.15. The van der Waals surface area contributed by atoms with E-state index in [4.69, 9.17) is 0 Å². The van der Waals surface area contributed by atoms with Gasteiger partial charge in [0.05, 0.1) is 11.9 Å². The predicted molar refractivity (Wildman–Crippen MR) is 107 cm³/mol. The van der Waals surface area contributed by atoms with E-state index >= 15 is 0 Å². The van der Waals surface area contributed by atoms with Crippen LogP contribution in [0.2, 0.25) is 0 Å². The van der Waals surface area contributed by atoms with Crippen LogP contribution in [0.25, 0.3) is 0 Å². The smallest absolute Gasteiger partial charge is 0.251 e. The summed E-state index contributed by atoms with van der Waals surface area (Å²) in [6.45, 7) is 5.65. The van der Waals surface area contributed by atoms with Gasteiger partial charge in [-0.15, -0.1) is 0 Å². The Morgan fingerprint density at radius 1 is 1.11 bits per heavy atom. The minimum absolute atomic E-state index is 0.264. The maximum absolute atomic E-state index is 12.4. The number of piperidine rings is 1. The molecule has 1 aromatic heterocycles. The first-order chi connectivity index (χ1) is 13.0. The van der Waals surface area contributed by atoms with Crippen LogP contribution < -0.4 is 15.5 Å². The van der Waals surface area contributed by atoms with E-state index in [2.05, 4.69) is 20.5 Å². The monoisotopic (exact) mass is 366 g/mol. The van der Waals surface area contributed by atoms with E-state index in [1.165, 1.54) is 19.3 Å². The molecule has 0 saturated carbocycles. The maximum atomic E-state index is 12.4. The molecule has 1 aromatic carbocycles. The van der Waals surface area contributed by atoms with Crippen molar-refractivity contribution in [1.82, 2.24) is 10.3 Å². The lowest BCUT2D eigenvalue weighted by Crippen LogP contribution is -2.41. The van der Waals surface area contributed by atoms with E-state index < -0.39 is 6.04 Å². The van der Waals surface area contributed by atoms with Gasteiger partial charge >= 0.3 is 0 Å². The van der Waals surface area contributed by atoms with Crippen molar-refractivity contribution in [2.75, 3.05) is 23.3 Å². The number of pyridine rings is 1. The minimum atomic E-state index is -0.653. The van der Waals surface area contributed by atoms with Gasteiger partial charge in [-0.25, -0.2) is 4.98 Å². The SMILES string of the molecule is Cc1cccc(C(=O)N[C@H](C)C(=O)Nc2ccc(N3CCCCC3)nc2)c1. The van der Waals surface area contributed by atoms with Crippen LogP contribution in [0.5, 0.6) is 0 Å². The van der Waals surface area contributed by atoms with Crippen LogP contribution in [-0.2, 0) is 4.79 Å². The number of rotatable bonds is 5. The summed E-state index contributed by atoms with van der Waals surface area (Å²) in [4.78, 5) is 31.4. The highest BCUT2D eigenvalue weighted by molar-refractivity contribution is 6.01. The molecule has 6 heteroatoms. The summed E-state index contributed by atoms with van der Waals surface area (Å²) in [5.41, 5.74) is 2.17. The maximum Gasteiger partial charge on any atom is 0.251 e. The van der Waals surface area contributed by atoms with Gasteiger partial charge in [0.15, 0.2) is 0 Å². The molecule has 1 aliphatic heterocycles. The van der Waals surface area contributed by atoms with Gasteiger partial charge in [-0.1, -0.05) is 17.7 Å². The predicted octanol–water partition coefficient (Wildman–Crippen LogP) is 3.14. The van der Waals surface area contributed by atoms with Gasteiger partial charge in [-0.05, 0) is 57.4 Å². The van der Waals surface area contributed by atoms with Crippen LogP contribution in [0.1, 0.15) is 42.1 Å². The molecule has 0 unspecified atom stereocenters. The first-order valence-corrected chi connectivity index (χ1v) is 9.42. The van der Waals surface area contributed by atoms with Crippen LogP contribution >= 0.6 is 0 Å². The highest BCUT2D eigenvalue weighted by Crippen LogP contribution is 2.19. The van der Waals surface area contributed by atoms with Crippen LogP contribution in [0, 0.1) is 6.92 Å². The Balaban J connectivity index is 1.55. The van der Waals surface area contributed by atoms with Crippen molar-refractivity contribution in [3.63, 3.8) is 0 Å². The van der Waals surface area contributed by atoms with E-state index in [0.29, 0.717) is 11.3 Å². The number of benzene rings is 1. The third kappa shape index (κ3) is 5.06. The number of hydrogen-bond acceptors (Lipinski definition) is 4. The molecule has 1 atom stereocenters. The molecule has 2 N–H and O–H groups in total. The van der Waals surface area contributed by atoms with E-state index in [0.717, 1.165) is 24.5 Å². The zero-order valence-corrected chi connectivity index (χ0v) is 15.9. The second-order valence-corrected chi connectivity index (χ2v) is 7.01. The molecule has 0 spiro atoms. The Morgan fingerprint density at radius 3 is 2.56 bits per heavy atom. The van der Waals surface area contributed by atoms with Gasteiger partial charge in [0, 0.05) is 18.7 Å². The average Bonchev–Trinajstić information content (AvgIpc) is 2.69. The summed E-state index contributed by atoms with van der Waals surface area (Å²) < 4.78 is 0. The van der Waals surface area contributed by atoms with Crippen molar-refractivity contribution < 1.29 is 9.59 Å². The number of amides is 2. The molecule has 2 aromatic rings. The molecule has 2 amide bonds. The molecule has 1 saturated heterocycles. The summed E-state index contributed by atoms with van der Waals surface area (Å²) >= 11 is 0. The molecule has 2 heterocycles. The summed E-state index contributed by atoms with van der Waals surface area (Å²) in [6, 6.07) is 10.4. The number of aryl methyl sites for hydroxylation is 1. The molecule has 0 bridgehead atoms. The van der Waals surface area contributed by atoms with E-state index in [9.17, 15) is 9.59 Å². The Hall–Kier alpha value is -2.89. The Kier molecular flexibility index (Phi) is 6.06. The number of hydrogen-bond donors (Lipinski definition) is 2. The summed E-state index contributed by atoms with van der Waals surface area (Å²) in [5, 5.41) is 5.53. The first kappa shape index (κ1) is 18.9. The molecule has 0 aliphatic carbocycles. The molecule has 142 valence electrons. The van der Waals surface area contributed by atoms with Crippen molar-refractivity contribution >= 4 is 23.3 Å². The summed E-state index contributed by atoms with van der Waals surface area (Å²) in [6.07, 6.45) is 5.32. The second kappa shape index (κ2) is 8.66. The van der Waals surface area contributed by atoms with Crippen LogP contribution in [0.3, 0.4) is 0 Å². The highest BCUT2D eigenvalue weighted by atomic mass is 16.2. The highest BCUT2D eigenvalue weighted by Gasteiger charge is 2.17. The summed E-state index contributed by atoms with van der Waals surface area (Å²) in [5.74, 6) is 0.400. The zero-order chi connectivity index (χ0) is 19.2. The molecule has 1 fully saturated rings. The van der Waals surface area contributed by atoms with Crippen LogP contribution in [0.15, 0.2) is 42.6 Å². The molecule has 0 radical (unpaired) electrons. The number of carbonyl (C=O) groups excluding carboxylic acids is 2. The van der Waals surface area contributed by atoms with E-state index in [1.54, 1.807) is 25.3 Å². The Labute approximate surface area is 160 Å². The number of carbonyl (C=O) groups is 2. The van der Waals surface area contributed by atoms with Crippen molar-refractivity contribution in [2.45, 2.75) is 39.2 Å². The van der Waals surface area contributed by atoms with Crippen molar-refractivity contribution in [3.8, 4) is 0 Å². The van der Waals surface area contributed by atoms with Crippen LogP contribution in [-0.4, -0.2) is 35.9 Å². The minimum Gasteiger partial charge on any atom is -0.357 e. The van der Waals surface area contributed by atoms with Gasteiger partial charge < -0.3 is 15.5 Å². The van der Waals surface area contributed by atoms with E-state index in [-0.39, 0.29) is 11.8 Å². The topological polar surface area (TPSA) is 74.3 Å². The largest absolute Gasteiger partial charge is 0.357 e. The molecule has 1 aliphatic rings. The van der Waals surface area contributed by atoms with Crippen molar-refractivity contribution in [1.29, 1.82) is 0 Å². The fraction of sp³-hybridized carbons (Fsp3) is 0.381. The van der Waals surface area contributed by atoms with E-state index in [1.807, 2.05) is 31.2 Å². The summed E-state index contributed by atoms with van der Waals surface area (Å²) in [7, 11) is 0. The quantitative estimate of drug-likeness (QED) is 0.853. The van der Waals surface area contributed by atoms with Crippen molar-refractivity contribution in [3.05, 3.63) is 53.7 Å². The molecule has 27 heavy (non-hydrogen) atoms. The number of nitrogens with one attached hydrogen (secondary N) is 2. The first-order valence-electron chi connectivity index (χ1n) is 9.42. The normalized spacial score (nSPS) is 15.1. The zero-order valence-electron chi connectivity index (χ0n) is 15.9. The average molecular weight is 366 g/mol. The lowest BCUT2D eigenvalue weighted by Gasteiger charge is -2.27. The fourth-order valence-corrected chi connectivity index (χ4v) is 3.15.